The molecule has 0 aliphatic rings. The van der Waals surface area contributed by atoms with E-state index >= 15 is 0 Å². The van der Waals surface area contributed by atoms with E-state index in [9.17, 15) is 13.6 Å². The summed E-state index contributed by atoms with van der Waals surface area (Å²) in [6.45, 7) is 0. The first-order chi connectivity index (χ1) is 7.88. The average molecular weight is 310 g/mol. The number of phenols is 1. The van der Waals surface area contributed by atoms with Gasteiger partial charge in [-0.3, -0.25) is 4.79 Å². The summed E-state index contributed by atoms with van der Waals surface area (Å²) >= 11 is 2.86. The van der Waals surface area contributed by atoms with Gasteiger partial charge in [0.1, 0.15) is 6.04 Å². The van der Waals surface area contributed by atoms with Gasteiger partial charge in [-0.1, -0.05) is 0 Å². The molecule has 0 spiro atoms. The highest BCUT2D eigenvalue weighted by atomic mass is 79.9. The van der Waals surface area contributed by atoms with Crippen LogP contribution < -0.4 is 5.73 Å². The lowest BCUT2D eigenvalue weighted by atomic mass is 10.1. The number of carbonyl (C=O) groups excluding carboxylic acids is 1. The molecule has 4 nitrogen and oxygen atoms in total. The highest BCUT2D eigenvalue weighted by molar-refractivity contribution is 9.10. The van der Waals surface area contributed by atoms with Crippen molar-refractivity contribution < 1.29 is 23.4 Å². The number of halogens is 3. The Bertz CT molecular complexity index is 454. The van der Waals surface area contributed by atoms with Crippen molar-refractivity contribution in [3.05, 3.63) is 27.7 Å². The van der Waals surface area contributed by atoms with Gasteiger partial charge in [0.2, 0.25) is 5.82 Å². The molecule has 7 heteroatoms. The zero-order valence-corrected chi connectivity index (χ0v) is 10.4. The Kier molecular flexibility index (Phi) is 4.41. The molecule has 0 fully saturated rings. The number of hydrogen-bond donors (Lipinski definition) is 2. The van der Waals surface area contributed by atoms with E-state index in [-0.39, 0.29) is 16.5 Å². The minimum atomic E-state index is -1.38. The molecule has 0 saturated heterocycles. The Labute approximate surface area is 104 Å². The van der Waals surface area contributed by atoms with Crippen LogP contribution in [0, 0.1) is 11.6 Å². The van der Waals surface area contributed by atoms with Gasteiger partial charge in [-0.05, 0) is 27.6 Å². The van der Waals surface area contributed by atoms with Crippen LogP contribution >= 0.6 is 15.9 Å². The third kappa shape index (κ3) is 2.92. The summed E-state index contributed by atoms with van der Waals surface area (Å²) in [5, 5.41) is 9.12. The first-order valence-corrected chi connectivity index (χ1v) is 5.36. The molecule has 1 atom stereocenters. The smallest absolute Gasteiger partial charge is 0.322 e. The van der Waals surface area contributed by atoms with E-state index in [2.05, 4.69) is 20.7 Å². The standard InChI is InChI=1S/C10H10BrF2NO3/c1-17-10(16)6(14)3-4-2-5(11)9(15)8(13)7(4)12/h2,6,15H,3,14H2,1H3. The molecule has 0 saturated carbocycles. The molecule has 1 rings (SSSR count). The van der Waals surface area contributed by atoms with E-state index in [0.29, 0.717) is 0 Å². The Morgan fingerprint density at radius 3 is 2.71 bits per heavy atom. The minimum absolute atomic E-state index is 0.0107. The first kappa shape index (κ1) is 13.9. The molecule has 17 heavy (non-hydrogen) atoms. The van der Waals surface area contributed by atoms with Gasteiger partial charge >= 0.3 is 5.97 Å². The molecule has 0 heterocycles. The second-order valence-corrected chi connectivity index (χ2v) is 4.18. The molecular weight excluding hydrogens is 300 g/mol. The van der Waals surface area contributed by atoms with E-state index in [1.807, 2.05) is 0 Å². The van der Waals surface area contributed by atoms with Gasteiger partial charge in [-0.15, -0.1) is 0 Å². The van der Waals surface area contributed by atoms with E-state index in [0.717, 1.165) is 13.2 Å². The topological polar surface area (TPSA) is 72.5 Å². The number of hydrogen-bond acceptors (Lipinski definition) is 4. The lowest BCUT2D eigenvalue weighted by Crippen LogP contribution is -2.34. The minimum Gasteiger partial charge on any atom is -0.504 e. The summed E-state index contributed by atoms with van der Waals surface area (Å²) in [6.07, 6.45) is -0.228. The van der Waals surface area contributed by atoms with Gasteiger partial charge in [-0.2, -0.15) is 4.39 Å². The van der Waals surface area contributed by atoms with Crippen LogP contribution in [0.25, 0.3) is 0 Å². The van der Waals surface area contributed by atoms with E-state index in [1.165, 1.54) is 0 Å². The van der Waals surface area contributed by atoms with E-state index in [1.54, 1.807) is 0 Å². The second kappa shape index (κ2) is 5.42. The fourth-order valence-electron chi connectivity index (χ4n) is 1.25. The van der Waals surface area contributed by atoms with Gasteiger partial charge in [0.25, 0.3) is 0 Å². The van der Waals surface area contributed by atoms with Gasteiger partial charge in [0.15, 0.2) is 11.6 Å². The monoisotopic (exact) mass is 309 g/mol. The number of nitrogens with two attached hydrogens (primary N) is 1. The molecule has 1 aromatic rings. The van der Waals surface area contributed by atoms with Crippen LogP contribution in [0.15, 0.2) is 10.5 Å². The van der Waals surface area contributed by atoms with Crippen molar-refractivity contribution >= 4 is 21.9 Å². The van der Waals surface area contributed by atoms with Crippen LogP contribution in [0.5, 0.6) is 5.75 Å². The lowest BCUT2D eigenvalue weighted by Gasteiger charge is -2.11. The predicted octanol–water partition coefficient (Wildman–Crippen LogP) is 1.48. The van der Waals surface area contributed by atoms with Crippen LogP contribution in [0.4, 0.5) is 8.78 Å². The normalized spacial score (nSPS) is 12.3. The van der Waals surface area contributed by atoms with Crippen molar-refractivity contribution in [3.8, 4) is 5.75 Å². The molecule has 0 aliphatic heterocycles. The molecule has 1 aromatic carbocycles. The molecule has 0 amide bonds. The summed E-state index contributed by atoms with van der Waals surface area (Å²) in [5.41, 5.74) is 5.31. The van der Waals surface area contributed by atoms with Crippen molar-refractivity contribution in [2.24, 2.45) is 5.73 Å². The van der Waals surface area contributed by atoms with Gasteiger partial charge in [0, 0.05) is 6.42 Å². The average Bonchev–Trinajstić information content (AvgIpc) is 2.32. The van der Waals surface area contributed by atoms with Crippen molar-refractivity contribution in [1.29, 1.82) is 0 Å². The molecule has 0 bridgehead atoms. The van der Waals surface area contributed by atoms with Crippen LogP contribution in [0.2, 0.25) is 0 Å². The summed E-state index contributed by atoms with van der Waals surface area (Å²) in [4.78, 5) is 11.0. The maximum atomic E-state index is 13.4. The summed E-state index contributed by atoms with van der Waals surface area (Å²) in [6, 6.07) is 0.0710. The van der Waals surface area contributed by atoms with Gasteiger partial charge in [-0.25, -0.2) is 4.39 Å². The summed E-state index contributed by atoms with van der Waals surface area (Å²) in [7, 11) is 1.14. The molecule has 94 valence electrons. The van der Waals surface area contributed by atoms with Crippen molar-refractivity contribution in [2.45, 2.75) is 12.5 Å². The van der Waals surface area contributed by atoms with Crippen LogP contribution in [-0.4, -0.2) is 24.2 Å². The Morgan fingerprint density at radius 1 is 1.59 bits per heavy atom. The molecule has 1 unspecified atom stereocenters. The van der Waals surface area contributed by atoms with Crippen molar-refractivity contribution in [2.75, 3.05) is 7.11 Å². The van der Waals surface area contributed by atoms with E-state index < -0.39 is 29.4 Å². The van der Waals surface area contributed by atoms with Gasteiger partial charge < -0.3 is 15.6 Å². The number of carbonyl (C=O) groups is 1. The number of aromatic hydroxyl groups is 1. The number of benzene rings is 1. The highest BCUT2D eigenvalue weighted by Gasteiger charge is 2.21. The fourth-order valence-corrected chi connectivity index (χ4v) is 1.70. The van der Waals surface area contributed by atoms with Crippen molar-refractivity contribution in [3.63, 3.8) is 0 Å². The third-order valence-electron chi connectivity index (χ3n) is 2.15. The number of phenolic OH excluding ortho intramolecular Hbond substituents is 1. The maximum absolute atomic E-state index is 13.4. The lowest BCUT2D eigenvalue weighted by molar-refractivity contribution is -0.142. The zero-order valence-electron chi connectivity index (χ0n) is 8.84. The van der Waals surface area contributed by atoms with E-state index in [4.69, 9.17) is 10.8 Å². The first-order valence-electron chi connectivity index (χ1n) is 4.57. The number of rotatable bonds is 3. The van der Waals surface area contributed by atoms with Crippen LogP contribution in [-0.2, 0) is 16.0 Å². The van der Waals surface area contributed by atoms with Gasteiger partial charge in [0.05, 0.1) is 11.6 Å². The van der Waals surface area contributed by atoms with Crippen LogP contribution in [0.3, 0.4) is 0 Å². The SMILES string of the molecule is COC(=O)C(N)Cc1cc(Br)c(O)c(F)c1F. The summed E-state index contributed by atoms with van der Waals surface area (Å²) < 4.78 is 30.9. The van der Waals surface area contributed by atoms with Crippen LogP contribution in [0.1, 0.15) is 5.56 Å². The highest BCUT2D eigenvalue weighted by Crippen LogP contribution is 2.31. The quantitative estimate of drug-likeness (QED) is 0.655. The number of esters is 1. The third-order valence-corrected chi connectivity index (χ3v) is 2.76. The molecule has 3 N–H and O–H groups in total. The molecular formula is C10H10BrF2NO3. The molecule has 0 radical (unpaired) electrons. The molecule has 0 aromatic heterocycles. The number of methoxy groups -OCH3 is 1. The maximum Gasteiger partial charge on any atom is 0.322 e. The largest absolute Gasteiger partial charge is 0.504 e. The Morgan fingerprint density at radius 2 is 2.18 bits per heavy atom. The fraction of sp³-hybridized carbons (Fsp3) is 0.300. The summed E-state index contributed by atoms with van der Waals surface area (Å²) in [5.74, 6) is -4.16. The Hall–Kier alpha value is -1.21. The second-order valence-electron chi connectivity index (χ2n) is 3.33. The number of ether oxygens (including phenoxy) is 1. The predicted molar refractivity (Wildman–Crippen MR) is 59.4 cm³/mol. The Balaban J connectivity index is 3.04. The van der Waals surface area contributed by atoms with Crippen molar-refractivity contribution in [1.82, 2.24) is 0 Å². The molecule has 0 aliphatic carbocycles. The zero-order chi connectivity index (χ0) is 13.2.